The van der Waals surface area contributed by atoms with Crippen molar-refractivity contribution in [1.29, 1.82) is 0 Å². The Kier molecular flexibility index (Phi) is 9.11. The van der Waals surface area contributed by atoms with Gasteiger partial charge in [0.25, 0.3) is 0 Å². The standard InChI is InChI=1S/C27H34FNO5S2/c1-6-7-8-19-17-29(21-11-9-20(28)10-12-21)22-15-24(35-5)23(16-25(22)36(31,32)18-19)33-14-13-26(30)34-27(2,3)4/h9-16,19H,6-8,17-18H2,1-5H3/b14-13+. The highest BCUT2D eigenvalue weighted by atomic mass is 32.2. The highest BCUT2D eigenvalue weighted by molar-refractivity contribution is 7.98. The number of halogens is 1. The lowest BCUT2D eigenvalue weighted by molar-refractivity contribution is -0.148. The first-order valence-corrected chi connectivity index (χ1v) is 14.9. The molecule has 1 aliphatic heterocycles. The van der Waals surface area contributed by atoms with Crippen molar-refractivity contribution in [3.05, 3.63) is 54.6 Å². The molecule has 0 radical (unpaired) electrons. The minimum absolute atomic E-state index is 0.0174. The first kappa shape index (κ1) is 28.1. The third kappa shape index (κ3) is 7.26. The van der Waals surface area contributed by atoms with Crippen molar-refractivity contribution in [2.24, 2.45) is 5.92 Å². The van der Waals surface area contributed by atoms with Gasteiger partial charge in [-0.05, 0) is 69.7 Å². The fraction of sp³-hybridized carbons (Fsp3) is 0.444. The Morgan fingerprint density at radius 1 is 1.22 bits per heavy atom. The number of rotatable bonds is 8. The second-order valence-electron chi connectivity index (χ2n) is 9.80. The maximum absolute atomic E-state index is 13.7. The summed E-state index contributed by atoms with van der Waals surface area (Å²) in [4.78, 5) is 14.8. The number of hydrogen-bond acceptors (Lipinski definition) is 7. The van der Waals surface area contributed by atoms with E-state index in [0.29, 0.717) is 22.9 Å². The molecule has 36 heavy (non-hydrogen) atoms. The molecular formula is C27H34FNO5S2. The van der Waals surface area contributed by atoms with Gasteiger partial charge >= 0.3 is 5.97 Å². The van der Waals surface area contributed by atoms with Crippen LogP contribution in [0.15, 0.2) is 58.5 Å². The largest absolute Gasteiger partial charge is 0.464 e. The van der Waals surface area contributed by atoms with Gasteiger partial charge in [-0.1, -0.05) is 19.8 Å². The molecule has 0 amide bonds. The van der Waals surface area contributed by atoms with Crippen LogP contribution in [0.2, 0.25) is 0 Å². The van der Waals surface area contributed by atoms with Gasteiger partial charge in [0.2, 0.25) is 0 Å². The van der Waals surface area contributed by atoms with Crippen LogP contribution in [0.25, 0.3) is 0 Å². The number of carbonyl (C=O) groups is 1. The van der Waals surface area contributed by atoms with Crippen LogP contribution in [-0.2, 0) is 19.4 Å². The fourth-order valence-electron chi connectivity index (χ4n) is 4.08. The Morgan fingerprint density at radius 3 is 2.53 bits per heavy atom. The van der Waals surface area contributed by atoms with Crippen LogP contribution in [0.5, 0.6) is 5.75 Å². The number of esters is 1. The van der Waals surface area contributed by atoms with Gasteiger partial charge in [-0.2, -0.15) is 0 Å². The lowest BCUT2D eigenvalue weighted by Gasteiger charge is -2.28. The van der Waals surface area contributed by atoms with E-state index in [1.54, 1.807) is 39.0 Å². The number of thioether (sulfide) groups is 1. The predicted octanol–water partition coefficient (Wildman–Crippen LogP) is 6.51. The van der Waals surface area contributed by atoms with Crippen LogP contribution >= 0.6 is 11.8 Å². The van der Waals surface area contributed by atoms with E-state index in [2.05, 4.69) is 6.92 Å². The Hall–Kier alpha value is -2.52. The third-order valence-corrected chi connectivity index (χ3v) is 8.34. The normalized spacial score (nSPS) is 17.5. The van der Waals surface area contributed by atoms with E-state index >= 15 is 0 Å². The number of sulfone groups is 1. The Balaban J connectivity index is 2.05. The van der Waals surface area contributed by atoms with Gasteiger partial charge in [0.1, 0.15) is 17.2 Å². The molecule has 9 heteroatoms. The SMILES string of the molecule is CCCCC1CN(c2ccc(F)cc2)c2cc(SC)c(O/C=C/C(=O)OC(C)(C)C)cc2S(=O)(=O)C1. The van der Waals surface area contributed by atoms with E-state index < -0.39 is 21.4 Å². The summed E-state index contributed by atoms with van der Waals surface area (Å²) in [6.07, 6.45) is 6.91. The zero-order chi connectivity index (χ0) is 26.5. The average molecular weight is 536 g/mol. The van der Waals surface area contributed by atoms with Crippen molar-refractivity contribution in [3.8, 4) is 5.75 Å². The van der Waals surface area contributed by atoms with E-state index in [4.69, 9.17) is 9.47 Å². The molecular weight excluding hydrogens is 501 g/mol. The van der Waals surface area contributed by atoms with Crippen molar-refractivity contribution in [2.75, 3.05) is 23.5 Å². The summed E-state index contributed by atoms with van der Waals surface area (Å²) in [7, 11) is -3.64. The number of ether oxygens (including phenoxy) is 2. The van der Waals surface area contributed by atoms with Gasteiger partial charge < -0.3 is 14.4 Å². The Labute approximate surface area is 217 Å². The Morgan fingerprint density at radius 2 is 1.92 bits per heavy atom. The summed E-state index contributed by atoms with van der Waals surface area (Å²) in [5.41, 5.74) is 0.623. The molecule has 0 N–H and O–H groups in total. The maximum atomic E-state index is 13.7. The van der Waals surface area contributed by atoms with Crippen LogP contribution < -0.4 is 9.64 Å². The predicted molar refractivity (Wildman–Crippen MR) is 142 cm³/mol. The average Bonchev–Trinajstić information content (AvgIpc) is 2.90. The van der Waals surface area contributed by atoms with Gasteiger partial charge in [-0.15, -0.1) is 11.8 Å². The molecule has 1 atom stereocenters. The summed E-state index contributed by atoms with van der Waals surface area (Å²) in [6.45, 7) is 7.89. The quantitative estimate of drug-likeness (QED) is 0.165. The van der Waals surface area contributed by atoms with Crippen LogP contribution in [0, 0.1) is 11.7 Å². The maximum Gasteiger partial charge on any atom is 0.334 e. The minimum atomic E-state index is -3.64. The van der Waals surface area contributed by atoms with E-state index in [-0.39, 0.29) is 22.4 Å². The van der Waals surface area contributed by atoms with Gasteiger partial charge in [0.05, 0.1) is 33.6 Å². The minimum Gasteiger partial charge on any atom is -0.464 e. The second-order valence-corrected chi connectivity index (χ2v) is 12.7. The molecule has 0 bridgehead atoms. The first-order chi connectivity index (χ1) is 16.9. The highest BCUT2D eigenvalue weighted by Crippen LogP contribution is 2.43. The van der Waals surface area contributed by atoms with Crippen molar-refractivity contribution >= 4 is 38.9 Å². The summed E-state index contributed by atoms with van der Waals surface area (Å²) in [5, 5.41) is 0. The van der Waals surface area contributed by atoms with Gasteiger partial charge in [-0.25, -0.2) is 17.6 Å². The van der Waals surface area contributed by atoms with E-state index in [0.717, 1.165) is 24.9 Å². The lowest BCUT2D eigenvalue weighted by Crippen LogP contribution is -2.26. The summed E-state index contributed by atoms with van der Waals surface area (Å²) < 4.78 is 51.7. The number of fused-ring (bicyclic) bond motifs is 1. The van der Waals surface area contributed by atoms with Crippen LogP contribution in [0.1, 0.15) is 47.0 Å². The topological polar surface area (TPSA) is 72.9 Å². The summed E-state index contributed by atoms with van der Waals surface area (Å²) >= 11 is 1.40. The number of nitrogens with zero attached hydrogens (tertiary/aromatic N) is 1. The monoisotopic (exact) mass is 535 g/mol. The molecule has 0 aliphatic carbocycles. The zero-order valence-electron chi connectivity index (χ0n) is 21.4. The van der Waals surface area contributed by atoms with Gasteiger partial charge in [0, 0.05) is 18.3 Å². The molecule has 2 aromatic rings. The van der Waals surface area contributed by atoms with Crippen LogP contribution in [0.4, 0.5) is 15.8 Å². The van der Waals surface area contributed by atoms with Crippen molar-refractivity contribution < 1.29 is 27.1 Å². The molecule has 1 aliphatic rings. The molecule has 0 spiro atoms. The number of hydrogen-bond donors (Lipinski definition) is 0. The van der Waals surface area contributed by atoms with Gasteiger partial charge in [-0.3, -0.25) is 0 Å². The fourth-order valence-corrected chi connectivity index (χ4v) is 6.47. The number of anilines is 2. The van der Waals surface area contributed by atoms with E-state index in [1.165, 1.54) is 42.3 Å². The van der Waals surface area contributed by atoms with Crippen molar-refractivity contribution in [3.63, 3.8) is 0 Å². The third-order valence-electron chi connectivity index (χ3n) is 5.68. The number of carbonyl (C=O) groups excluding carboxylic acids is 1. The molecule has 3 rings (SSSR count). The highest BCUT2D eigenvalue weighted by Gasteiger charge is 2.33. The smallest absolute Gasteiger partial charge is 0.334 e. The molecule has 1 heterocycles. The molecule has 0 saturated carbocycles. The van der Waals surface area contributed by atoms with Crippen molar-refractivity contribution in [2.45, 2.75) is 62.3 Å². The molecule has 0 fully saturated rings. The first-order valence-electron chi connectivity index (χ1n) is 12.0. The number of benzene rings is 2. The molecule has 1 unspecified atom stereocenters. The molecule has 0 saturated heterocycles. The number of unbranched alkanes of at least 4 members (excludes halogenated alkanes) is 1. The Bertz CT molecular complexity index is 1200. The molecule has 196 valence electrons. The van der Waals surface area contributed by atoms with E-state index in [9.17, 15) is 17.6 Å². The second kappa shape index (κ2) is 11.7. The van der Waals surface area contributed by atoms with Crippen molar-refractivity contribution in [1.82, 2.24) is 0 Å². The van der Waals surface area contributed by atoms with Crippen LogP contribution in [-0.4, -0.2) is 38.5 Å². The zero-order valence-corrected chi connectivity index (χ0v) is 23.0. The molecule has 2 aromatic carbocycles. The van der Waals surface area contributed by atoms with Gasteiger partial charge in [0.15, 0.2) is 9.84 Å². The van der Waals surface area contributed by atoms with E-state index in [1.807, 2.05) is 11.2 Å². The summed E-state index contributed by atoms with van der Waals surface area (Å²) in [6, 6.07) is 9.41. The molecule has 6 nitrogen and oxygen atoms in total. The molecule has 0 aromatic heterocycles. The summed E-state index contributed by atoms with van der Waals surface area (Å²) in [5.74, 6) is -0.646. The van der Waals surface area contributed by atoms with Crippen LogP contribution in [0.3, 0.4) is 0 Å². The lowest BCUT2D eigenvalue weighted by atomic mass is 10.0.